The van der Waals surface area contributed by atoms with Crippen molar-refractivity contribution >= 4 is 15.9 Å². The van der Waals surface area contributed by atoms with Gasteiger partial charge in [-0.2, -0.15) is 0 Å². The number of fused-ring (bicyclic) bond motifs is 1. The topological polar surface area (TPSA) is 32.8 Å². The Morgan fingerprint density at radius 1 is 1.35 bits per heavy atom. The fraction of sp³-hybridized carbons (Fsp3) is 0.429. The van der Waals surface area contributed by atoms with Crippen LogP contribution in [0.15, 0.2) is 28.7 Å². The first-order chi connectivity index (χ1) is 8.17. The van der Waals surface area contributed by atoms with Crippen molar-refractivity contribution in [1.29, 1.82) is 0 Å². The number of aliphatic hydroxyl groups is 1. The van der Waals surface area contributed by atoms with Crippen LogP contribution in [0, 0.1) is 11.8 Å². The molecular formula is C14H13BrO2. The van der Waals surface area contributed by atoms with Crippen LogP contribution in [-0.2, 0) is 4.74 Å². The highest BCUT2D eigenvalue weighted by Gasteiger charge is 2.55. The Labute approximate surface area is 109 Å². The van der Waals surface area contributed by atoms with Gasteiger partial charge in [0.25, 0.3) is 0 Å². The number of hydrogen-bond donors (Lipinski definition) is 1. The van der Waals surface area contributed by atoms with E-state index in [-0.39, 0.29) is 12.2 Å². The molecule has 0 bridgehead atoms. The van der Waals surface area contributed by atoms with Crippen LogP contribution in [0.2, 0.25) is 0 Å². The molecule has 0 aromatic heterocycles. The van der Waals surface area contributed by atoms with E-state index in [1.165, 1.54) is 0 Å². The van der Waals surface area contributed by atoms with Gasteiger partial charge < -0.3 is 9.84 Å². The van der Waals surface area contributed by atoms with Crippen LogP contribution in [0.4, 0.5) is 0 Å². The lowest BCUT2D eigenvalue weighted by Gasteiger charge is -2.23. The first-order valence-corrected chi connectivity index (χ1v) is 6.63. The van der Waals surface area contributed by atoms with Crippen LogP contribution >= 0.6 is 15.9 Å². The molecule has 3 unspecified atom stereocenters. The molecule has 1 saturated carbocycles. The third-order valence-electron chi connectivity index (χ3n) is 3.37. The van der Waals surface area contributed by atoms with E-state index in [4.69, 9.17) is 4.74 Å². The average Bonchev–Trinajstić information content (AvgIpc) is 3.10. The Kier molecular flexibility index (Phi) is 2.74. The quantitative estimate of drug-likeness (QED) is 0.589. The van der Waals surface area contributed by atoms with Crippen molar-refractivity contribution in [3.05, 3.63) is 34.3 Å². The first-order valence-electron chi connectivity index (χ1n) is 5.84. The Balaban J connectivity index is 1.80. The van der Waals surface area contributed by atoms with Crippen LogP contribution in [0.25, 0.3) is 0 Å². The van der Waals surface area contributed by atoms with Crippen LogP contribution < -0.4 is 0 Å². The van der Waals surface area contributed by atoms with Gasteiger partial charge in [-0.3, -0.25) is 0 Å². The third kappa shape index (κ3) is 2.26. The fourth-order valence-corrected chi connectivity index (χ4v) is 2.61. The van der Waals surface area contributed by atoms with Crippen LogP contribution in [0.1, 0.15) is 24.8 Å². The zero-order chi connectivity index (χ0) is 11.9. The Morgan fingerprint density at radius 3 is 2.88 bits per heavy atom. The number of ether oxygens (including phenoxy) is 1. The second kappa shape index (κ2) is 4.13. The maximum Gasteiger partial charge on any atom is 0.154 e. The van der Waals surface area contributed by atoms with Gasteiger partial charge in [0.1, 0.15) is 6.10 Å². The van der Waals surface area contributed by atoms with E-state index in [1.807, 2.05) is 24.3 Å². The molecule has 1 aromatic carbocycles. The van der Waals surface area contributed by atoms with Crippen molar-refractivity contribution in [2.24, 2.45) is 0 Å². The predicted octanol–water partition coefficient (Wildman–Crippen LogP) is 2.48. The zero-order valence-corrected chi connectivity index (χ0v) is 10.9. The van der Waals surface area contributed by atoms with E-state index in [2.05, 4.69) is 27.8 Å². The molecule has 1 N–H and O–H groups in total. The summed E-state index contributed by atoms with van der Waals surface area (Å²) in [7, 11) is 0. The van der Waals surface area contributed by atoms with Crippen molar-refractivity contribution in [3.63, 3.8) is 0 Å². The van der Waals surface area contributed by atoms with E-state index >= 15 is 0 Å². The molecule has 0 radical (unpaired) electrons. The molecule has 1 saturated heterocycles. The molecule has 2 aliphatic rings. The second-order valence-electron chi connectivity index (χ2n) is 4.67. The summed E-state index contributed by atoms with van der Waals surface area (Å²) in [5.74, 6) is 6.03. The minimum Gasteiger partial charge on any atom is -0.375 e. The molecule has 3 heteroatoms. The van der Waals surface area contributed by atoms with Gasteiger partial charge >= 0.3 is 0 Å². The zero-order valence-electron chi connectivity index (χ0n) is 9.32. The van der Waals surface area contributed by atoms with Crippen molar-refractivity contribution in [1.82, 2.24) is 0 Å². The van der Waals surface area contributed by atoms with Crippen LogP contribution in [0.3, 0.4) is 0 Å². The average molecular weight is 293 g/mol. The summed E-state index contributed by atoms with van der Waals surface area (Å²) in [6.45, 7) is 0. The van der Waals surface area contributed by atoms with E-state index in [9.17, 15) is 5.11 Å². The lowest BCUT2D eigenvalue weighted by atomic mass is 9.85. The van der Waals surface area contributed by atoms with Gasteiger partial charge in [-0.25, -0.2) is 0 Å². The monoisotopic (exact) mass is 292 g/mol. The Morgan fingerprint density at radius 2 is 2.12 bits per heavy atom. The fourth-order valence-electron chi connectivity index (χ4n) is 2.34. The van der Waals surface area contributed by atoms with Crippen molar-refractivity contribution in [3.8, 4) is 11.8 Å². The molecular weight excluding hydrogens is 280 g/mol. The summed E-state index contributed by atoms with van der Waals surface area (Å²) in [5, 5.41) is 10.4. The maximum atomic E-state index is 10.4. The van der Waals surface area contributed by atoms with E-state index in [0.717, 1.165) is 29.3 Å². The summed E-state index contributed by atoms with van der Waals surface area (Å²) in [6.07, 6.45) is 2.96. The Hall–Kier alpha value is -0.820. The number of rotatable bonds is 0. The molecule has 3 atom stereocenters. The Bertz CT molecular complexity index is 485. The standard InChI is InChI=1S/C14H13BrO2/c15-11-5-3-10(4-6-11)7-9-14(16)8-1-2-12-13(14)17-12/h3-6,12-13,16H,1-2,8H2. The van der Waals surface area contributed by atoms with Gasteiger partial charge in [0.05, 0.1) is 6.10 Å². The minimum absolute atomic E-state index is 0.0563. The first kappa shape index (κ1) is 11.3. The number of epoxide rings is 1. The highest BCUT2D eigenvalue weighted by Crippen LogP contribution is 2.43. The molecule has 0 amide bonds. The normalized spacial score (nSPS) is 34.5. The molecule has 2 fully saturated rings. The van der Waals surface area contributed by atoms with Gasteiger partial charge in [0.15, 0.2) is 5.60 Å². The van der Waals surface area contributed by atoms with Crippen molar-refractivity contribution < 1.29 is 9.84 Å². The van der Waals surface area contributed by atoms with Gasteiger partial charge in [0.2, 0.25) is 0 Å². The predicted molar refractivity (Wildman–Crippen MR) is 68.5 cm³/mol. The summed E-state index contributed by atoms with van der Waals surface area (Å²) in [6, 6.07) is 7.78. The minimum atomic E-state index is -0.935. The lowest BCUT2D eigenvalue weighted by Crippen LogP contribution is -2.37. The van der Waals surface area contributed by atoms with E-state index in [1.54, 1.807) is 0 Å². The highest BCUT2D eigenvalue weighted by atomic mass is 79.9. The highest BCUT2D eigenvalue weighted by molar-refractivity contribution is 9.10. The summed E-state index contributed by atoms with van der Waals surface area (Å²) in [5.41, 5.74) is -0.0138. The summed E-state index contributed by atoms with van der Waals surface area (Å²) < 4.78 is 6.47. The maximum absolute atomic E-state index is 10.4. The summed E-state index contributed by atoms with van der Waals surface area (Å²) in [4.78, 5) is 0. The molecule has 0 spiro atoms. The largest absolute Gasteiger partial charge is 0.375 e. The van der Waals surface area contributed by atoms with E-state index < -0.39 is 5.60 Å². The van der Waals surface area contributed by atoms with Crippen molar-refractivity contribution in [2.45, 2.75) is 37.1 Å². The molecule has 88 valence electrons. The van der Waals surface area contributed by atoms with Crippen molar-refractivity contribution in [2.75, 3.05) is 0 Å². The molecule has 1 aliphatic carbocycles. The lowest BCUT2D eigenvalue weighted by molar-refractivity contribution is 0.0556. The number of benzene rings is 1. The smallest absolute Gasteiger partial charge is 0.154 e. The van der Waals surface area contributed by atoms with Gasteiger partial charge in [0, 0.05) is 10.0 Å². The number of halogens is 1. The van der Waals surface area contributed by atoms with Crippen LogP contribution in [0.5, 0.6) is 0 Å². The molecule has 3 rings (SSSR count). The second-order valence-corrected chi connectivity index (χ2v) is 5.58. The van der Waals surface area contributed by atoms with Gasteiger partial charge in [-0.05, 0) is 43.5 Å². The SMILES string of the molecule is OC1(C#Cc2ccc(Br)cc2)CCCC2OC21. The molecule has 1 aromatic rings. The van der Waals surface area contributed by atoms with Crippen LogP contribution in [-0.4, -0.2) is 22.9 Å². The molecule has 2 nitrogen and oxygen atoms in total. The molecule has 17 heavy (non-hydrogen) atoms. The third-order valence-corrected chi connectivity index (χ3v) is 3.90. The number of hydrogen-bond acceptors (Lipinski definition) is 2. The summed E-state index contributed by atoms with van der Waals surface area (Å²) >= 11 is 3.38. The molecule has 1 aliphatic heterocycles. The molecule has 1 heterocycles. The van der Waals surface area contributed by atoms with Gasteiger partial charge in [-0.1, -0.05) is 27.8 Å². The van der Waals surface area contributed by atoms with E-state index in [0.29, 0.717) is 0 Å². The van der Waals surface area contributed by atoms with Gasteiger partial charge in [-0.15, -0.1) is 0 Å².